The van der Waals surface area contributed by atoms with Crippen LogP contribution in [-0.4, -0.2) is 29.1 Å². The Bertz CT molecular complexity index is 1250. The second kappa shape index (κ2) is 12.7. The van der Waals surface area contributed by atoms with Crippen molar-refractivity contribution in [1.82, 2.24) is 5.32 Å². The van der Waals surface area contributed by atoms with Gasteiger partial charge in [0.05, 0.1) is 16.7 Å². The van der Waals surface area contributed by atoms with Gasteiger partial charge in [-0.05, 0) is 87.6 Å². The molecule has 0 saturated heterocycles. The van der Waals surface area contributed by atoms with Crippen molar-refractivity contribution in [3.63, 3.8) is 0 Å². The van der Waals surface area contributed by atoms with Gasteiger partial charge < -0.3 is 20.1 Å². The number of thiocarbonyl (C=S) groups is 1. The van der Waals surface area contributed by atoms with Gasteiger partial charge in [0.2, 0.25) is 0 Å². The first-order chi connectivity index (χ1) is 17.1. The fraction of sp³-hybridized carbons (Fsp3) is 0.192. The van der Waals surface area contributed by atoms with Gasteiger partial charge in [-0.25, -0.2) is 0 Å². The lowest BCUT2D eigenvalue weighted by Gasteiger charge is -2.16. The van der Waals surface area contributed by atoms with E-state index in [0.29, 0.717) is 33.5 Å². The highest BCUT2D eigenvalue weighted by atomic mass is 79.9. The van der Waals surface area contributed by atoms with E-state index < -0.39 is 12.0 Å². The van der Waals surface area contributed by atoms with Crippen LogP contribution in [0.3, 0.4) is 0 Å². The maximum Gasteiger partial charge on any atom is 0.265 e. The van der Waals surface area contributed by atoms with Gasteiger partial charge >= 0.3 is 0 Å². The summed E-state index contributed by atoms with van der Waals surface area (Å²) in [5.74, 6) is 0.164. The lowest BCUT2D eigenvalue weighted by molar-refractivity contribution is -0.122. The molecule has 0 aliphatic heterocycles. The van der Waals surface area contributed by atoms with Gasteiger partial charge in [-0.1, -0.05) is 39.7 Å². The molecule has 3 aromatic rings. The average Bonchev–Trinajstić information content (AvgIpc) is 2.82. The number of nitrogens with one attached hydrogen (secondary N) is 3. The van der Waals surface area contributed by atoms with E-state index in [1.165, 1.54) is 0 Å². The Kier molecular flexibility index (Phi) is 9.69. The smallest absolute Gasteiger partial charge is 0.265 e. The van der Waals surface area contributed by atoms with Crippen molar-refractivity contribution < 1.29 is 19.1 Å². The van der Waals surface area contributed by atoms with Crippen LogP contribution in [0.4, 0.5) is 11.4 Å². The minimum absolute atomic E-state index is 0.0903. The zero-order valence-electron chi connectivity index (χ0n) is 19.8. The van der Waals surface area contributed by atoms with Gasteiger partial charge in [0, 0.05) is 15.8 Å². The Morgan fingerprint density at radius 2 is 1.53 bits per heavy atom. The number of benzene rings is 3. The highest BCUT2D eigenvalue weighted by molar-refractivity contribution is 9.10. The number of amides is 2. The molecule has 1 atom stereocenters. The Labute approximate surface area is 228 Å². The number of hydrogen-bond acceptors (Lipinski definition) is 5. The largest absolute Gasteiger partial charge is 0.490 e. The van der Waals surface area contributed by atoms with Crippen molar-refractivity contribution in [3.8, 4) is 11.5 Å². The highest BCUT2D eigenvalue weighted by Crippen LogP contribution is 2.25. The summed E-state index contributed by atoms with van der Waals surface area (Å²) in [6.07, 6.45) is -0.847. The fourth-order valence-electron chi connectivity index (χ4n) is 3.03. The number of rotatable bonds is 8. The zero-order chi connectivity index (χ0) is 26.2. The quantitative estimate of drug-likeness (QED) is 0.262. The lowest BCUT2D eigenvalue weighted by atomic mass is 10.2. The number of carbonyl (C=O) groups excluding carboxylic acids is 2. The molecule has 0 fully saturated rings. The van der Waals surface area contributed by atoms with Crippen LogP contribution < -0.4 is 25.4 Å². The number of hydrogen-bond donors (Lipinski definition) is 3. The molecular weight excluding hydrogens is 566 g/mol. The maximum absolute atomic E-state index is 12.8. The minimum Gasteiger partial charge on any atom is -0.490 e. The fourth-order valence-corrected chi connectivity index (χ4v) is 3.79. The number of halogens is 2. The van der Waals surface area contributed by atoms with Crippen LogP contribution in [0.2, 0.25) is 5.02 Å². The van der Waals surface area contributed by atoms with Crippen LogP contribution in [0.5, 0.6) is 11.5 Å². The molecular formula is C26H25BrClN3O4S. The Hall–Kier alpha value is -3.14. The molecule has 3 aromatic carbocycles. The summed E-state index contributed by atoms with van der Waals surface area (Å²) >= 11 is 14.8. The van der Waals surface area contributed by atoms with E-state index in [2.05, 4.69) is 31.9 Å². The molecule has 0 bridgehead atoms. The molecule has 2 amide bonds. The van der Waals surface area contributed by atoms with Crippen LogP contribution in [0.1, 0.15) is 31.1 Å². The van der Waals surface area contributed by atoms with Crippen LogP contribution in [-0.2, 0) is 4.79 Å². The van der Waals surface area contributed by atoms with Gasteiger partial charge in [0.1, 0.15) is 11.5 Å². The predicted octanol–water partition coefficient (Wildman–Crippen LogP) is 6.42. The topological polar surface area (TPSA) is 88.7 Å². The summed E-state index contributed by atoms with van der Waals surface area (Å²) < 4.78 is 12.1. The standard InChI is InChI=1S/C26H25BrClN3O4S/c1-15(2)34-22-13-8-17(27)14-20(22)25(33)31-26(36)30-19-11-9-18(10-12-19)29-24(32)16(3)35-23-7-5-4-6-21(23)28/h4-16H,1-3H3,(H,29,32)(H2,30,31,33,36). The van der Waals surface area contributed by atoms with Crippen molar-refractivity contribution in [1.29, 1.82) is 0 Å². The number of carbonyl (C=O) groups is 2. The predicted molar refractivity (Wildman–Crippen MR) is 150 cm³/mol. The summed E-state index contributed by atoms with van der Waals surface area (Å²) in [6.45, 7) is 5.40. The van der Waals surface area contributed by atoms with Gasteiger partial charge in [-0.15, -0.1) is 0 Å². The molecule has 0 saturated carbocycles. The van der Waals surface area contributed by atoms with Crippen molar-refractivity contribution in [2.75, 3.05) is 10.6 Å². The third-order valence-corrected chi connectivity index (χ3v) is 5.71. The van der Waals surface area contributed by atoms with E-state index >= 15 is 0 Å². The van der Waals surface area contributed by atoms with E-state index in [9.17, 15) is 9.59 Å². The molecule has 0 aromatic heterocycles. The third kappa shape index (κ3) is 7.94. The van der Waals surface area contributed by atoms with Gasteiger partial charge in [-0.3, -0.25) is 14.9 Å². The average molecular weight is 591 g/mol. The molecule has 0 spiro atoms. The summed E-state index contributed by atoms with van der Waals surface area (Å²) in [5.41, 5.74) is 1.56. The molecule has 3 rings (SSSR count). The van der Waals surface area contributed by atoms with Crippen molar-refractivity contribution >= 4 is 68.1 Å². The van der Waals surface area contributed by atoms with Gasteiger partial charge in [-0.2, -0.15) is 0 Å². The summed E-state index contributed by atoms with van der Waals surface area (Å²) in [7, 11) is 0. The number of ether oxygens (including phenoxy) is 2. The van der Waals surface area contributed by atoms with E-state index in [-0.39, 0.29) is 17.1 Å². The SMILES string of the molecule is CC(C)Oc1ccc(Br)cc1C(=O)NC(=S)Nc1ccc(NC(=O)C(C)Oc2ccccc2Cl)cc1. The first kappa shape index (κ1) is 27.4. The first-order valence-corrected chi connectivity index (χ1v) is 12.6. The van der Waals surface area contributed by atoms with E-state index in [1.807, 2.05) is 13.8 Å². The second-order valence-electron chi connectivity index (χ2n) is 7.97. The molecule has 0 aliphatic carbocycles. The molecule has 0 heterocycles. The molecule has 188 valence electrons. The second-order valence-corrected chi connectivity index (χ2v) is 9.70. The normalized spacial score (nSPS) is 11.4. The van der Waals surface area contributed by atoms with E-state index in [1.54, 1.807) is 73.7 Å². The maximum atomic E-state index is 12.8. The zero-order valence-corrected chi connectivity index (χ0v) is 23.0. The molecule has 0 aliphatic rings. The van der Waals surface area contributed by atoms with E-state index in [4.69, 9.17) is 33.3 Å². The molecule has 1 unspecified atom stereocenters. The Morgan fingerprint density at radius 3 is 2.17 bits per heavy atom. The van der Waals surface area contributed by atoms with E-state index in [0.717, 1.165) is 4.47 Å². The lowest BCUT2D eigenvalue weighted by Crippen LogP contribution is -2.34. The van der Waals surface area contributed by atoms with Gasteiger partial charge in [0.15, 0.2) is 11.2 Å². The molecule has 0 radical (unpaired) electrons. The van der Waals surface area contributed by atoms with Crippen LogP contribution >= 0.6 is 39.7 Å². The van der Waals surface area contributed by atoms with Crippen molar-refractivity contribution in [3.05, 3.63) is 81.8 Å². The van der Waals surface area contributed by atoms with Crippen LogP contribution in [0, 0.1) is 0 Å². The summed E-state index contributed by atoms with van der Waals surface area (Å²) in [4.78, 5) is 25.3. The molecule has 10 heteroatoms. The summed E-state index contributed by atoms with van der Waals surface area (Å²) in [5, 5.41) is 8.95. The van der Waals surface area contributed by atoms with Crippen molar-refractivity contribution in [2.45, 2.75) is 33.0 Å². The highest BCUT2D eigenvalue weighted by Gasteiger charge is 2.17. The van der Waals surface area contributed by atoms with Gasteiger partial charge in [0.25, 0.3) is 11.8 Å². The number of para-hydroxylation sites is 1. The molecule has 7 nitrogen and oxygen atoms in total. The molecule has 36 heavy (non-hydrogen) atoms. The Morgan fingerprint density at radius 1 is 0.889 bits per heavy atom. The minimum atomic E-state index is -0.756. The first-order valence-electron chi connectivity index (χ1n) is 11.0. The van der Waals surface area contributed by atoms with Crippen LogP contribution in [0.25, 0.3) is 0 Å². The monoisotopic (exact) mass is 589 g/mol. The van der Waals surface area contributed by atoms with Crippen LogP contribution in [0.15, 0.2) is 71.2 Å². The molecule has 3 N–H and O–H groups in total. The third-order valence-electron chi connectivity index (χ3n) is 4.70. The number of anilines is 2. The summed E-state index contributed by atoms with van der Waals surface area (Å²) in [6, 6.07) is 19.0. The van der Waals surface area contributed by atoms with Crippen molar-refractivity contribution in [2.24, 2.45) is 0 Å². The Balaban J connectivity index is 1.56.